The van der Waals surface area contributed by atoms with Crippen molar-refractivity contribution in [3.05, 3.63) is 45.5 Å². The molecule has 0 spiro atoms. The molecule has 4 heteroatoms. The zero-order valence-electron chi connectivity index (χ0n) is 8.44. The molecule has 0 unspecified atom stereocenters. The Morgan fingerprint density at radius 2 is 2.27 bits per heavy atom. The lowest BCUT2D eigenvalue weighted by Gasteiger charge is -1.99. The maximum atomic E-state index is 10.6. The van der Waals surface area contributed by atoms with E-state index in [1.807, 2.05) is 19.1 Å². The molecule has 0 amide bonds. The number of hydrogen-bond donors (Lipinski definition) is 0. The smallest absolute Gasteiger partial charge is 0.258 e. The number of nitro groups is 1. The number of nitro benzene ring substituents is 1. The molecule has 0 saturated carbocycles. The van der Waals surface area contributed by atoms with E-state index in [2.05, 4.69) is 0 Å². The normalized spacial score (nSPS) is 10.8. The maximum Gasteiger partial charge on any atom is 0.270 e. The van der Waals surface area contributed by atoms with Crippen LogP contribution in [0, 0.1) is 17.0 Å². The summed E-state index contributed by atoms with van der Waals surface area (Å²) in [5, 5.41) is 10.6. The second-order valence-corrected chi connectivity index (χ2v) is 3.56. The number of non-ortho nitro benzene ring substituents is 1. The number of aryl methyl sites for hydroxylation is 1. The number of alkyl halides is 1. The second-order valence-electron chi connectivity index (χ2n) is 3.18. The van der Waals surface area contributed by atoms with Gasteiger partial charge < -0.3 is 0 Å². The number of halogens is 1. The Bertz CT molecular complexity index is 388. The van der Waals surface area contributed by atoms with Gasteiger partial charge in [0.25, 0.3) is 5.69 Å². The zero-order chi connectivity index (χ0) is 11.3. The summed E-state index contributed by atoms with van der Waals surface area (Å²) in [7, 11) is 0. The largest absolute Gasteiger partial charge is 0.270 e. The first-order valence-electron chi connectivity index (χ1n) is 4.62. The lowest BCUT2D eigenvalue weighted by molar-refractivity contribution is -0.384. The van der Waals surface area contributed by atoms with Crippen molar-refractivity contribution in [1.82, 2.24) is 0 Å². The molecule has 0 aromatic heterocycles. The van der Waals surface area contributed by atoms with Gasteiger partial charge in [0.1, 0.15) is 0 Å². The van der Waals surface area contributed by atoms with Gasteiger partial charge in [-0.2, -0.15) is 0 Å². The third kappa shape index (κ3) is 3.36. The lowest BCUT2D eigenvalue weighted by atomic mass is 10.1. The van der Waals surface area contributed by atoms with Gasteiger partial charge in [-0.3, -0.25) is 10.1 Å². The first-order chi connectivity index (χ1) is 7.15. The molecule has 1 aromatic rings. The van der Waals surface area contributed by atoms with E-state index >= 15 is 0 Å². The molecule has 0 aliphatic rings. The second kappa shape index (κ2) is 5.51. The summed E-state index contributed by atoms with van der Waals surface area (Å²) < 4.78 is 0. The summed E-state index contributed by atoms with van der Waals surface area (Å²) in [6.45, 7) is 1.92. The minimum absolute atomic E-state index is 0.117. The first kappa shape index (κ1) is 11.7. The fourth-order valence-electron chi connectivity index (χ4n) is 1.19. The Kier molecular flexibility index (Phi) is 4.31. The fourth-order valence-corrected chi connectivity index (χ4v) is 1.32. The van der Waals surface area contributed by atoms with Crippen molar-refractivity contribution < 1.29 is 4.92 Å². The van der Waals surface area contributed by atoms with Crippen LogP contribution in [0.5, 0.6) is 0 Å². The molecule has 1 rings (SSSR count). The highest BCUT2D eigenvalue weighted by Gasteiger charge is 2.06. The SMILES string of the molecule is Cc1ccc([N+](=O)[O-])cc1C=CCCCl. The quantitative estimate of drug-likeness (QED) is 0.447. The molecular weight excluding hydrogens is 214 g/mol. The first-order valence-corrected chi connectivity index (χ1v) is 5.16. The van der Waals surface area contributed by atoms with E-state index in [0.717, 1.165) is 17.5 Å². The van der Waals surface area contributed by atoms with Crippen molar-refractivity contribution in [2.75, 3.05) is 5.88 Å². The van der Waals surface area contributed by atoms with Crippen molar-refractivity contribution in [3.63, 3.8) is 0 Å². The van der Waals surface area contributed by atoms with Crippen molar-refractivity contribution in [2.45, 2.75) is 13.3 Å². The number of nitrogens with zero attached hydrogens (tertiary/aromatic N) is 1. The highest BCUT2D eigenvalue weighted by atomic mass is 35.5. The van der Waals surface area contributed by atoms with Crippen LogP contribution in [0.15, 0.2) is 24.3 Å². The average molecular weight is 226 g/mol. The Morgan fingerprint density at radius 3 is 2.87 bits per heavy atom. The van der Waals surface area contributed by atoms with Crippen LogP contribution in [0.4, 0.5) is 5.69 Å². The van der Waals surface area contributed by atoms with E-state index in [1.165, 1.54) is 6.07 Å². The number of allylic oxidation sites excluding steroid dienone is 1. The van der Waals surface area contributed by atoms with Gasteiger partial charge in [0.05, 0.1) is 4.92 Å². The maximum absolute atomic E-state index is 10.6. The van der Waals surface area contributed by atoms with E-state index in [9.17, 15) is 10.1 Å². The van der Waals surface area contributed by atoms with Gasteiger partial charge in [-0.05, 0) is 24.5 Å². The summed E-state index contributed by atoms with van der Waals surface area (Å²) >= 11 is 5.53. The van der Waals surface area contributed by atoms with Crippen LogP contribution in [-0.2, 0) is 0 Å². The van der Waals surface area contributed by atoms with Crippen LogP contribution in [0.25, 0.3) is 6.08 Å². The minimum Gasteiger partial charge on any atom is -0.258 e. The van der Waals surface area contributed by atoms with Gasteiger partial charge in [-0.1, -0.05) is 18.2 Å². The Balaban J connectivity index is 2.95. The molecular formula is C11H12ClNO2. The molecule has 0 heterocycles. The van der Waals surface area contributed by atoms with Crippen molar-refractivity contribution >= 4 is 23.4 Å². The fraction of sp³-hybridized carbons (Fsp3) is 0.273. The van der Waals surface area contributed by atoms with Crippen LogP contribution in [-0.4, -0.2) is 10.8 Å². The molecule has 0 N–H and O–H groups in total. The Morgan fingerprint density at radius 1 is 1.53 bits per heavy atom. The average Bonchev–Trinajstić information content (AvgIpc) is 2.20. The van der Waals surface area contributed by atoms with Crippen molar-refractivity contribution in [3.8, 4) is 0 Å². The van der Waals surface area contributed by atoms with E-state index in [4.69, 9.17) is 11.6 Å². The summed E-state index contributed by atoms with van der Waals surface area (Å²) in [5.41, 5.74) is 2.01. The molecule has 0 bridgehead atoms. The molecule has 0 radical (unpaired) electrons. The van der Waals surface area contributed by atoms with Crippen LogP contribution in [0.2, 0.25) is 0 Å². The summed E-state index contributed by atoms with van der Waals surface area (Å²) in [6, 6.07) is 4.83. The predicted octanol–water partition coefficient (Wildman–Crippen LogP) is 3.55. The number of benzene rings is 1. The number of hydrogen-bond acceptors (Lipinski definition) is 2. The van der Waals surface area contributed by atoms with Crippen LogP contribution >= 0.6 is 11.6 Å². The number of rotatable bonds is 4. The van der Waals surface area contributed by atoms with Crippen LogP contribution in [0.1, 0.15) is 17.5 Å². The Labute approximate surface area is 93.5 Å². The van der Waals surface area contributed by atoms with E-state index in [0.29, 0.717) is 5.88 Å². The van der Waals surface area contributed by atoms with Crippen molar-refractivity contribution in [2.24, 2.45) is 0 Å². The standard InChI is InChI=1S/C11H12ClNO2/c1-9-5-6-11(13(14)15)8-10(9)4-2-3-7-12/h2,4-6,8H,3,7H2,1H3. The molecule has 15 heavy (non-hydrogen) atoms. The summed E-state index contributed by atoms with van der Waals surface area (Å²) in [6.07, 6.45) is 4.55. The highest BCUT2D eigenvalue weighted by Crippen LogP contribution is 2.18. The van der Waals surface area contributed by atoms with Crippen LogP contribution in [0.3, 0.4) is 0 Å². The van der Waals surface area contributed by atoms with Gasteiger partial charge in [0.15, 0.2) is 0 Å². The molecule has 3 nitrogen and oxygen atoms in total. The highest BCUT2D eigenvalue weighted by molar-refractivity contribution is 6.17. The van der Waals surface area contributed by atoms with Gasteiger partial charge in [0.2, 0.25) is 0 Å². The summed E-state index contributed by atoms with van der Waals surface area (Å²) in [4.78, 5) is 10.2. The molecule has 0 aliphatic heterocycles. The van der Waals surface area contributed by atoms with E-state index in [1.54, 1.807) is 12.1 Å². The lowest BCUT2D eigenvalue weighted by Crippen LogP contribution is -1.89. The van der Waals surface area contributed by atoms with E-state index in [-0.39, 0.29) is 5.69 Å². The minimum atomic E-state index is -0.391. The van der Waals surface area contributed by atoms with Gasteiger partial charge in [-0.15, -0.1) is 11.6 Å². The predicted molar refractivity (Wildman–Crippen MR) is 62.2 cm³/mol. The molecule has 0 saturated heterocycles. The van der Waals surface area contributed by atoms with Gasteiger partial charge >= 0.3 is 0 Å². The Hall–Kier alpha value is -1.35. The zero-order valence-corrected chi connectivity index (χ0v) is 9.20. The topological polar surface area (TPSA) is 43.1 Å². The monoisotopic (exact) mass is 225 g/mol. The van der Waals surface area contributed by atoms with Crippen molar-refractivity contribution in [1.29, 1.82) is 0 Å². The van der Waals surface area contributed by atoms with Gasteiger partial charge in [0, 0.05) is 18.0 Å². The van der Waals surface area contributed by atoms with Crippen LogP contribution < -0.4 is 0 Å². The molecule has 0 aliphatic carbocycles. The van der Waals surface area contributed by atoms with E-state index < -0.39 is 4.92 Å². The molecule has 0 fully saturated rings. The molecule has 1 aromatic carbocycles. The molecule has 0 atom stereocenters. The van der Waals surface area contributed by atoms with Gasteiger partial charge in [-0.25, -0.2) is 0 Å². The summed E-state index contributed by atoms with van der Waals surface area (Å²) in [5.74, 6) is 0.560. The third-order valence-electron chi connectivity index (χ3n) is 2.05. The third-order valence-corrected chi connectivity index (χ3v) is 2.27. The molecule has 80 valence electrons.